The third-order valence-corrected chi connectivity index (χ3v) is 4.30. The maximum Gasteiger partial charge on any atom is 0.227 e. The number of benzene rings is 1. The quantitative estimate of drug-likeness (QED) is 0.778. The zero-order valence-corrected chi connectivity index (χ0v) is 13.4. The van der Waals surface area contributed by atoms with Gasteiger partial charge in [-0.15, -0.1) is 12.4 Å². The van der Waals surface area contributed by atoms with Crippen molar-refractivity contribution in [3.05, 3.63) is 24.3 Å². The minimum atomic E-state index is 0. The third kappa shape index (κ3) is 3.99. The number of halogens is 1. The fourth-order valence-corrected chi connectivity index (χ4v) is 2.36. The van der Waals surface area contributed by atoms with Crippen molar-refractivity contribution < 1.29 is 9.59 Å². The second-order valence-corrected chi connectivity index (χ2v) is 6.04. The molecule has 1 aromatic rings. The van der Waals surface area contributed by atoms with Gasteiger partial charge in [0, 0.05) is 23.2 Å². The highest BCUT2D eigenvalue weighted by atomic mass is 35.5. The van der Waals surface area contributed by atoms with Crippen LogP contribution in [-0.4, -0.2) is 24.9 Å². The van der Waals surface area contributed by atoms with E-state index in [1.165, 1.54) is 0 Å². The fraction of sp³-hybridized carbons (Fsp3) is 0.500. The normalized spacial score (nSPS) is 18.6. The van der Waals surface area contributed by atoms with Crippen molar-refractivity contribution in [2.45, 2.75) is 19.8 Å². The summed E-state index contributed by atoms with van der Waals surface area (Å²) < 4.78 is 0. The van der Waals surface area contributed by atoms with Crippen LogP contribution in [0, 0.1) is 17.8 Å². The first-order valence-corrected chi connectivity index (χ1v) is 7.56. The van der Waals surface area contributed by atoms with Crippen LogP contribution in [0.4, 0.5) is 11.4 Å². The molecular weight excluding hydrogens is 302 g/mol. The Bertz CT molecular complexity index is 539. The first kappa shape index (κ1) is 16.8. The highest BCUT2D eigenvalue weighted by molar-refractivity contribution is 5.95. The van der Waals surface area contributed by atoms with Crippen LogP contribution in [0.1, 0.15) is 19.8 Å². The first-order chi connectivity index (χ1) is 10.1. The lowest BCUT2D eigenvalue weighted by Crippen LogP contribution is -2.48. The lowest BCUT2D eigenvalue weighted by atomic mass is 9.88. The Kier molecular flexibility index (Phi) is 5.42. The van der Waals surface area contributed by atoms with Crippen molar-refractivity contribution in [2.24, 2.45) is 17.8 Å². The predicted molar refractivity (Wildman–Crippen MR) is 89.2 cm³/mol. The number of hydrogen-bond donors (Lipinski definition) is 3. The monoisotopic (exact) mass is 323 g/mol. The summed E-state index contributed by atoms with van der Waals surface area (Å²) in [6.45, 7) is 3.80. The molecule has 1 atom stereocenters. The predicted octanol–water partition coefficient (Wildman–Crippen LogP) is 2.25. The zero-order valence-electron chi connectivity index (χ0n) is 12.6. The minimum Gasteiger partial charge on any atom is -0.326 e. The maximum atomic E-state index is 12.1. The van der Waals surface area contributed by atoms with Crippen molar-refractivity contribution in [3.63, 3.8) is 0 Å². The lowest BCUT2D eigenvalue weighted by molar-refractivity contribution is -0.121. The molecule has 120 valence electrons. The van der Waals surface area contributed by atoms with E-state index in [0.29, 0.717) is 5.92 Å². The average molecular weight is 324 g/mol. The number of amides is 2. The summed E-state index contributed by atoms with van der Waals surface area (Å²) in [5, 5.41) is 8.99. The molecule has 1 saturated heterocycles. The number of carbonyl (C=O) groups is 2. The van der Waals surface area contributed by atoms with Crippen LogP contribution in [0.5, 0.6) is 0 Å². The van der Waals surface area contributed by atoms with Crippen LogP contribution in [0.25, 0.3) is 0 Å². The smallest absolute Gasteiger partial charge is 0.227 e. The van der Waals surface area contributed by atoms with Crippen LogP contribution in [-0.2, 0) is 9.59 Å². The Morgan fingerprint density at radius 3 is 2.09 bits per heavy atom. The topological polar surface area (TPSA) is 70.2 Å². The Morgan fingerprint density at radius 2 is 1.64 bits per heavy atom. The Labute approximate surface area is 136 Å². The summed E-state index contributed by atoms with van der Waals surface area (Å²) in [5.74, 6) is 0.790. The standard InChI is InChI=1S/C16H21N3O2.ClH/c1-10(12-8-17-9-12)15(20)18-13-4-6-14(7-5-13)19-16(21)11-2-3-11;/h4-7,10-12,17H,2-3,8-9H2,1H3,(H,18,20)(H,19,21);1H. The molecule has 1 aliphatic heterocycles. The fourth-order valence-electron chi connectivity index (χ4n) is 2.36. The molecule has 1 saturated carbocycles. The molecule has 2 aliphatic rings. The molecular formula is C16H22ClN3O2. The molecule has 0 bridgehead atoms. The Hall–Kier alpha value is -1.59. The van der Waals surface area contributed by atoms with Gasteiger partial charge < -0.3 is 16.0 Å². The molecule has 3 rings (SSSR count). The van der Waals surface area contributed by atoms with Gasteiger partial charge in [0.1, 0.15) is 0 Å². The SMILES string of the molecule is CC(C(=O)Nc1ccc(NC(=O)C2CC2)cc1)C1CNC1.Cl. The van der Waals surface area contributed by atoms with Crippen molar-refractivity contribution in [1.29, 1.82) is 0 Å². The van der Waals surface area contributed by atoms with E-state index in [1.54, 1.807) is 0 Å². The number of nitrogens with one attached hydrogen (secondary N) is 3. The summed E-state index contributed by atoms with van der Waals surface area (Å²) in [4.78, 5) is 23.8. The second-order valence-electron chi connectivity index (χ2n) is 6.04. The van der Waals surface area contributed by atoms with Crippen molar-refractivity contribution in [2.75, 3.05) is 23.7 Å². The molecule has 2 amide bonds. The van der Waals surface area contributed by atoms with E-state index in [1.807, 2.05) is 31.2 Å². The molecule has 1 unspecified atom stereocenters. The van der Waals surface area contributed by atoms with Gasteiger partial charge in [-0.25, -0.2) is 0 Å². The first-order valence-electron chi connectivity index (χ1n) is 7.56. The molecule has 2 fully saturated rings. The number of hydrogen-bond acceptors (Lipinski definition) is 3. The molecule has 6 heteroatoms. The summed E-state index contributed by atoms with van der Waals surface area (Å²) in [6, 6.07) is 7.30. The van der Waals surface area contributed by atoms with Crippen LogP contribution < -0.4 is 16.0 Å². The van der Waals surface area contributed by atoms with Crippen LogP contribution in [0.3, 0.4) is 0 Å². The summed E-state index contributed by atoms with van der Waals surface area (Å²) in [7, 11) is 0. The van der Waals surface area contributed by atoms with Gasteiger partial charge in [0.25, 0.3) is 0 Å². The summed E-state index contributed by atoms with van der Waals surface area (Å²) in [6.07, 6.45) is 1.99. The molecule has 1 aliphatic carbocycles. The van der Waals surface area contributed by atoms with Crippen molar-refractivity contribution in [3.8, 4) is 0 Å². The van der Waals surface area contributed by atoms with Crippen LogP contribution in [0.15, 0.2) is 24.3 Å². The molecule has 5 nitrogen and oxygen atoms in total. The maximum absolute atomic E-state index is 12.1. The molecule has 22 heavy (non-hydrogen) atoms. The van der Waals surface area contributed by atoms with Crippen molar-refractivity contribution in [1.82, 2.24) is 5.32 Å². The molecule has 0 radical (unpaired) electrons. The largest absolute Gasteiger partial charge is 0.326 e. The van der Waals surface area contributed by atoms with E-state index in [9.17, 15) is 9.59 Å². The average Bonchev–Trinajstić information content (AvgIpc) is 3.23. The Balaban J connectivity index is 0.00000176. The molecule has 1 aromatic carbocycles. The van der Waals surface area contributed by atoms with E-state index < -0.39 is 0 Å². The van der Waals surface area contributed by atoms with Gasteiger partial charge in [-0.2, -0.15) is 0 Å². The highest BCUT2D eigenvalue weighted by Crippen LogP contribution is 2.30. The molecule has 3 N–H and O–H groups in total. The summed E-state index contributed by atoms with van der Waals surface area (Å²) >= 11 is 0. The van der Waals surface area contributed by atoms with Crippen LogP contribution >= 0.6 is 12.4 Å². The van der Waals surface area contributed by atoms with E-state index >= 15 is 0 Å². The van der Waals surface area contributed by atoms with Crippen molar-refractivity contribution >= 4 is 35.6 Å². The Morgan fingerprint density at radius 1 is 1.09 bits per heavy atom. The molecule has 0 spiro atoms. The zero-order chi connectivity index (χ0) is 14.8. The van der Waals surface area contributed by atoms with Gasteiger partial charge in [-0.1, -0.05) is 6.92 Å². The van der Waals surface area contributed by atoms with Gasteiger partial charge in [0.2, 0.25) is 11.8 Å². The minimum absolute atomic E-state index is 0. The third-order valence-electron chi connectivity index (χ3n) is 4.30. The van der Waals surface area contributed by atoms with Crippen LogP contribution in [0.2, 0.25) is 0 Å². The summed E-state index contributed by atoms with van der Waals surface area (Å²) in [5.41, 5.74) is 1.55. The van der Waals surface area contributed by atoms with Gasteiger partial charge in [0.05, 0.1) is 0 Å². The van der Waals surface area contributed by atoms with Gasteiger partial charge in [-0.3, -0.25) is 9.59 Å². The van der Waals surface area contributed by atoms with E-state index in [4.69, 9.17) is 0 Å². The van der Waals surface area contributed by atoms with E-state index in [0.717, 1.165) is 37.3 Å². The number of anilines is 2. The van der Waals surface area contributed by atoms with Gasteiger partial charge >= 0.3 is 0 Å². The lowest BCUT2D eigenvalue weighted by Gasteiger charge is -2.31. The molecule has 0 aromatic heterocycles. The second kappa shape index (κ2) is 7.11. The van der Waals surface area contributed by atoms with E-state index in [2.05, 4.69) is 16.0 Å². The van der Waals surface area contributed by atoms with E-state index in [-0.39, 0.29) is 36.1 Å². The highest BCUT2D eigenvalue weighted by Gasteiger charge is 2.30. The number of rotatable bonds is 5. The number of carbonyl (C=O) groups excluding carboxylic acids is 2. The van der Waals surface area contributed by atoms with Gasteiger partial charge in [-0.05, 0) is 56.1 Å². The van der Waals surface area contributed by atoms with Gasteiger partial charge in [0.15, 0.2) is 0 Å². The molecule has 1 heterocycles.